The summed E-state index contributed by atoms with van der Waals surface area (Å²) in [6.07, 6.45) is 0.774. The molecule has 0 unspecified atom stereocenters. The molecule has 3 amide bonds. The van der Waals surface area contributed by atoms with Gasteiger partial charge in [0.1, 0.15) is 5.75 Å². The molecule has 0 aliphatic carbocycles. The van der Waals surface area contributed by atoms with E-state index in [0.717, 1.165) is 6.42 Å². The van der Waals surface area contributed by atoms with Crippen molar-refractivity contribution in [1.29, 1.82) is 0 Å². The second kappa shape index (κ2) is 9.89. The summed E-state index contributed by atoms with van der Waals surface area (Å²) < 4.78 is 7.11. The molecule has 0 spiro atoms. The second-order valence-electron chi connectivity index (χ2n) is 8.71. The first-order valence-corrected chi connectivity index (χ1v) is 11.8. The lowest BCUT2D eigenvalue weighted by Crippen LogP contribution is -2.52. The van der Waals surface area contributed by atoms with Crippen molar-refractivity contribution in [2.24, 2.45) is 11.8 Å². The molecule has 9 nitrogen and oxygen atoms in total. The highest BCUT2D eigenvalue weighted by Crippen LogP contribution is 2.48. The Morgan fingerprint density at radius 3 is 2.56 bits per heavy atom. The number of aliphatic hydroxyl groups is 1. The number of amides is 3. The minimum atomic E-state index is -0.660. The number of para-hydroxylation sites is 1. The fourth-order valence-electron chi connectivity index (χ4n) is 5.37. The Labute approximate surface area is 198 Å². The van der Waals surface area contributed by atoms with Gasteiger partial charge in [-0.1, -0.05) is 25.1 Å². The van der Waals surface area contributed by atoms with Gasteiger partial charge in [0.05, 0.1) is 30.7 Å². The van der Waals surface area contributed by atoms with E-state index in [4.69, 9.17) is 4.74 Å². The van der Waals surface area contributed by atoms with Crippen LogP contribution in [0.15, 0.2) is 41.2 Å². The molecule has 9 heteroatoms. The number of rotatable bonds is 7. The zero-order chi connectivity index (χ0) is 24.4. The van der Waals surface area contributed by atoms with Crippen molar-refractivity contribution in [2.45, 2.75) is 38.9 Å². The molecule has 0 radical (unpaired) electrons. The normalized spacial score (nSPS) is 22.8. The number of ether oxygens (including phenoxy) is 1. The lowest BCUT2D eigenvalue weighted by molar-refractivity contribution is -0.127. The van der Waals surface area contributed by atoms with Gasteiger partial charge in [0, 0.05) is 43.4 Å². The number of aromatic nitrogens is 1. The van der Waals surface area contributed by atoms with Crippen molar-refractivity contribution in [3.63, 3.8) is 0 Å². The molecular formula is C25H32N4O5. The van der Waals surface area contributed by atoms with Crippen molar-refractivity contribution in [3.05, 3.63) is 52.4 Å². The second-order valence-corrected chi connectivity index (χ2v) is 8.71. The zero-order valence-corrected chi connectivity index (χ0v) is 19.8. The van der Waals surface area contributed by atoms with Crippen LogP contribution in [0.5, 0.6) is 5.75 Å². The van der Waals surface area contributed by atoms with Gasteiger partial charge in [-0.05, 0) is 31.5 Å². The predicted molar refractivity (Wildman–Crippen MR) is 127 cm³/mol. The number of hydrogen-bond acceptors (Lipinski definition) is 5. The maximum Gasteiger partial charge on any atom is 0.318 e. The first-order valence-electron chi connectivity index (χ1n) is 11.8. The molecule has 4 atom stereocenters. The van der Waals surface area contributed by atoms with Gasteiger partial charge in [0.25, 0.3) is 5.56 Å². The van der Waals surface area contributed by atoms with E-state index in [1.165, 1.54) is 0 Å². The van der Waals surface area contributed by atoms with Crippen molar-refractivity contribution in [1.82, 2.24) is 20.1 Å². The SMILES string of the molecule is CCCNC(=O)N1[C@@H]2c3ccc(-c4ccccc4OC)c(=O)n3C[C@H]1[C@H](CO)[C@H]2C(=O)NCC. The van der Waals surface area contributed by atoms with Gasteiger partial charge in [0.15, 0.2) is 0 Å². The van der Waals surface area contributed by atoms with Crippen LogP contribution in [0.1, 0.15) is 32.0 Å². The average molecular weight is 469 g/mol. The average Bonchev–Trinajstić information content (AvgIpc) is 3.09. The molecular weight excluding hydrogens is 436 g/mol. The number of carbonyl (C=O) groups is 2. The number of fused-ring (bicyclic) bond motifs is 4. The summed E-state index contributed by atoms with van der Waals surface area (Å²) in [5, 5.41) is 16.0. The lowest BCUT2D eigenvalue weighted by Gasteiger charge is -2.38. The number of nitrogens with zero attached hydrogens (tertiary/aromatic N) is 2. The fraction of sp³-hybridized carbons (Fsp3) is 0.480. The van der Waals surface area contributed by atoms with Crippen molar-refractivity contribution >= 4 is 11.9 Å². The van der Waals surface area contributed by atoms with Crippen LogP contribution < -0.4 is 20.9 Å². The quantitative estimate of drug-likeness (QED) is 0.573. The summed E-state index contributed by atoms with van der Waals surface area (Å²) in [5.74, 6) is -0.782. The Morgan fingerprint density at radius 2 is 1.88 bits per heavy atom. The Bertz CT molecular complexity index is 1130. The maximum absolute atomic E-state index is 13.7. The molecule has 2 aromatic rings. The molecule has 1 saturated heterocycles. The van der Waals surface area contributed by atoms with Crippen LogP contribution in [0.4, 0.5) is 4.79 Å². The van der Waals surface area contributed by atoms with Crippen LogP contribution in [0, 0.1) is 11.8 Å². The minimum absolute atomic E-state index is 0.203. The van der Waals surface area contributed by atoms with Crippen LogP contribution in [0.3, 0.4) is 0 Å². The van der Waals surface area contributed by atoms with Crippen molar-refractivity contribution in [3.8, 4) is 16.9 Å². The first-order chi connectivity index (χ1) is 16.5. The van der Waals surface area contributed by atoms with Gasteiger partial charge in [-0.3, -0.25) is 9.59 Å². The van der Waals surface area contributed by atoms with E-state index in [0.29, 0.717) is 35.7 Å². The van der Waals surface area contributed by atoms with Gasteiger partial charge in [-0.15, -0.1) is 0 Å². The summed E-state index contributed by atoms with van der Waals surface area (Å²) in [4.78, 5) is 41.6. The number of aliphatic hydroxyl groups excluding tert-OH is 1. The lowest BCUT2D eigenvalue weighted by atomic mass is 9.86. The van der Waals surface area contributed by atoms with Crippen LogP contribution >= 0.6 is 0 Å². The molecule has 2 aliphatic heterocycles. The van der Waals surface area contributed by atoms with Gasteiger partial charge >= 0.3 is 6.03 Å². The molecule has 3 heterocycles. The molecule has 182 valence electrons. The highest BCUT2D eigenvalue weighted by molar-refractivity contribution is 5.84. The molecule has 3 N–H and O–H groups in total. The third-order valence-electron chi connectivity index (χ3n) is 6.86. The van der Waals surface area contributed by atoms with Crippen LogP contribution in [0.2, 0.25) is 0 Å². The number of methoxy groups -OCH3 is 1. The summed E-state index contributed by atoms with van der Waals surface area (Å²) in [6.45, 7) is 4.68. The molecule has 1 aromatic heterocycles. The molecule has 34 heavy (non-hydrogen) atoms. The number of benzene rings is 1. The van der Waals surface area contributed by atoms with Crippen LogP contribution in [-0.4, -0.2) is 59.4 Å². The smallest absolute Gasteiger partial charge is 0.318 e. The molecule has 1 fully saturated rings. The van der Waals surface area contributed by atoms with Gasteiger partial charge in [0.2, 0.25) is 5.91 Å². The largest absolute Gasteiger partial charge is 0.496 e. The number of hydrogen-bond donors (Lipinski definition) is 3. The van der Waals surface area contributed by atoms with E-state index in [1.54, 1.807) is 28.7 Å². The third kappa shape index (κ3) is 3.83. The summed E-state index contributed by atoms with van der Waals surface area (Å²) in [5.41, 5.74) is 1.55. The summed E-state index contributed by atoms with van der Waals surface area (Å²) in [7, 11) is 1.56. The predicted octanol–water partition coefficient (Wildman–Crippen LogP) is 1.74. The summed E-state index contributed by atoms with van der Waals surface area (Å²) in [6, 6.07) is 9.44. The van der Waals surface area contributed by atoms with Gasteiger partial charge in [-0.2, -0.15) is 0 Å². The van der Waals surface area contributed by atoms with Crippen LogP contribution in [0.25, 0.3) is 11.1 Å². The third-order valence-corrected chi connectivity index (χ3v) is 6.86. The Kier molecular flexibility index (Phi) is 6.92. The summed E-state index contributed by atoms with van der Waals surface area (Å²) >= 11 is 0. The molecule has 2 aliphatic rings. The van der Waals surface area contributed by atoms with Crippen molar-refractivity contribution < 1.29 is 19.4 Å². The van der Waals surface area contributed by atoms with Gasteiger partial charge < -0.3 is 29.9 Å². The van der Waals surface area contributed by atoms with E-state index in [9.17, 15) is 19.5 Å². The first kappa shape index (κ1) is 23.8. The zero-order valence-electron chi connectivity index (χ0n) is 19.8. The van der Waals surface area contributed by atoms with E-state index >= 15 is 0 Å². The maximum atomic E-state index is 13.7. The standard InChI is InChI=1S/C25H32N4O5/c1-4-12-27-25(33)29-19-13-28-18(22(29)21(17(19)14-30)23(31)26-5-2)11-10-16(24(28)32)15-8-6-7-9-20(15)34-3/h6-11,17,19,21-22,30H,4-5,12-14H2,1-3H3,(H,26,31)(H,27,33)/t17-,19-,21+,22+/m0/s1. The molecule has 1 aromatic carbocycles. The molecule has 4 rings (SSSR count). The Balaban J connectivity index is 1.86. The minimum Gasteiger partial charge on any atom is -0.496 e. The van der Waals surface area contributed by atoms with Gasteiger partial charge in [-0.25, -0.2) is 4.79 Å². The number of pyridine rings is 1. The molecule has 2 bridgehead atoms. The van der Waals surface area contributed by atoms with E-state index in [-0.39, 0.29) is 30.6 Å². The van der Waals surface area contributed by atoms with E-state index in [1.807, 2.05) is 38.1 Å². The monoisotopic (exact) mass is 468 g/mol. The highest BCUT2D eigenvalue weighted by atomic mass is 16.5. The number of urea groups is 1. The molecule has 0 saturated carbocycles. The topological polar surface area (TPSA) is 113 Å². The van der Waals surface area contributed by atoms with E-state index < -0.39 is 23.9 Å². The Morgan fingerprint density at radius 1 is 1.12 bits per heavy atom. The Hall–Kier alpha value is -3.33. The highest BCUT2D eigenvalue weighted by Gasteiger charge is 2.57. The van der Waals surface area contributed by atoms with Crippen LogP contribution in [-0.2, 0) is 11.3 Å². The number of nitrogens with one attached hydrogen (secondary N) is 2. The van der Waals surface area contributed by atoms with E-state index in [2.05, 4.69) is 10.6 Å². The number of carbonyl (C=O) groups excluding carboxylic acids is 2. The fourth-order valence-corrected chi connectivity index (χ4v) is 5.37. The van der Waals surface area contributed by atoms with Crippen molar-refractivity contribution in [2.75, 3.05) is 26.8 Å².